The second-order valence-corrected chi connectivity index (χ2v) is 6.40. The number of hydrogen-bond acceptors (Lipinski definition) is 3. The van der Waals surface area contributed by atoms with E-state index < -0.39 is 0 Å². The molecule has 1 spiro atoms. The molecule has 2 N–H and O–H groups in total. The Kier molecular flexibility index (Phi) is 3.81. The van der Waals surface area contributed by atoms with Crippen molar-refractivity contribution in [1.82, 2.24) is 10.6 Å². The molecule has 3 fully saturated rings. The third kappa shape index (κ3) is 2.40. The lowest BCUT2D eigenvalue weighted by Gasteiger charge is -2.58. The Morgan fingerprint density at radius 1 is 1.37 bits per heavy atom. The number of carbonyl (C=O) groups is 1. The molecular formula is C15H26N2O2. The van der Waals surface area contributed by atoms with Gasteiger partial charge in [0.15, 0.2) is 0 Å². The molecule has 1 saturated heterocycles. The zero-order valence-electron chi connectivity index (χ0n) is 11.9. The molecule has 0 aromatic carbocycles. The van der Waals surface area contributed by atoms with E-state index in [0.717, 1.165) is 19.6 Å². The molecule has 0 radical (unpaired) electrons. The lowest BCUT2D eigenvalue weighted by atomic mass is 9.55. The highest BCUT2D eigenvalue weighted by atomic mass is 16.5. The molecule has 1 heterocycles. The molecule has 1 aliphatic heterocycles. The second-order valence-electron chi connectivity index (χ2n) is 6.40. The Morgan fingerprint density at radius 2 is 2.16 bits per heavy atom. The standard InChI is InChI=1S/C15H26N2O2/c1-2-19-13-9-12(15(13)6-4-3-5-7-15)17-11-8-14(18)16-10-11/h11-13,17H,2-10H2,1H3,(H,16,18). The average molecular weight is 266 g/mol. The van der Waals surface area contributed by atoms with Crippen molar-refractivity contribution in [3.05, 3.63) is 0 Å². The quantitative estimate of drug-likeness (QED) is 0.812. The molecule has 2 aliphatic carbocycles. The zero-order chi connectivity index (χ0) is 13.3. The van der Waals surface area contributed by atoms with E-state index in [1.54, 1.807) is 0 Å². The molecule has 4 heteroatoms. The third-order valence-corrected chi connectivity index (χ3v) is 5.35. The molecule has 0 aromatic heterocycles. The molecule has 2 saturated carbocycles. The summed E-state index contributed by atoms with van der Waals surface area (Å²) in [4.78, 5) is 11.3. The van der Waals surface area contributed by atoms with Crippen LogP contribution in [0.2, 0.25) is 0 Å². The summed E-state index contributed by atoms with van der Waals surface area (Å²) >= 11 is 0. The van der Waals surface area contributed by atoms with E-state index in [9.17, 15) is 4.79 Å². The third-order valence-electron chi connectivity index (χ3n) is 5.35. The fraction of sp³-hybridized carbons (Fsp3) is 0.933. The van der Waals surface area contributed by atoms with E-state index >= 15 is 0 Å². The Hall–Kier alpha value is -0.610. The van der Waals surface area contributed by atoms with E-state index in [-0.39, 0.29) is 5.91 Å². The van der Waals surface area contributed by atoms with Gasteiger partial charge < -0.3 is 15.4 Å². The summed E-state index contributed by atoms with van der Waals surface area (Å²) in [5.41, 5.74) is 0.361. The van der Waals surface area contributed by atoms with Crippen molar-refractivity contribution in [3.8, 4) is 0 Å². The van der Waals surface area contributed by atoms with Crippen LogP contribution in [0.3, 0.4) is 0 Å². The first-order valence-corrected chi connectivity index (χ1v) is 7.89. The van der Waals surface area contributed by atoms with Crippen molar-refractivity contribution in [3.63, 3.8) is 0 Å². The Balaban J connectivity index is 1.63. The van der Waals surface area contributed by atoms with Gasteiger partial charge in [-0.25, -0.2) is 0 Å². The van der Waals surface area contributed by atoms with Crippen molar-refractivity contribution >= 4 is 5.91 Å². The number of nitrogens with one attached hydrogen (secondary N) is 2. The van der Waals surface area contributed by atoms with Gasteiger partial charge in [-0.15, -0.1) is 0 Å². The topological polar surface area (TPSA) is 50.4 Å². The van der Waals surface area contributed by atoms with Crippen molar-refractivity contribution in [2.24, 2.45) is 5.41 Å². The highest BCUT2D eigenvalue weighted by molar-refractivity contribution is 5.78. The molecule has 0 bridgehead atoms. The molecule has 3 atom stereocenters. The van der Waals surface area contributed by atoms with Crippen LogP contribution >= 0.6 is 0 Å². The van der Waals surface area contributed by atoms with Crippen molar-refractivity contribution < 1.29 is 9.53 Å². The lowest BCUT2D eigenvalue weighted by molar-refractivity contribution is -0.151. The van der Waals surface area contributed by atoms with E-state index in [0.29, 0.717) is 30.0 Å². The molecule has 3 rings (SSSR count). The van der Waals surface area contributed by atoms with Gasteiger partial charge in [-0.1, -0.05) is 19.3 Å². The Morgan fingerprint density at radius 3 is 2.79 bits per heavy atom. The number of ether oxygens (including phenoxy) is 1. The first-order chi connectivity index (χ1) is 9.24. The van der Waals surface area contributed by atoms with Gasteiger partial charge in [0, 0.05) is 37.1 Å². The Labute approximate surface area is 115 Å². The van der Waals surface area contributed by atoms with Gasteiger partial charge in [-0.3, -0.25) is 4.79 Å². The first-order valence-electron chi connectivity index (χ1n) is 7.89. The monoisotopic (exact) mass is 266 g/mol. The predicted octanol–water partition coefficient (Wildman–Crippen LogP) is 1.59. The average Bonchev–Trinajstić information content (AvgIpc) is 2.84. The fourth-order valence-electron chi connectivity index (χ4n) is 4.30. The van der Waals surface area contributed by atoms with Crippen LogP contribution in [0.1, 0.15) is 51.9 Å². The van der Waals surface area contributed by atoms with Gasteiger partial charge in [-0.05, 0) is 26.2 Å². The molecule has 108 valence electrons. The summed E-state index contributed by atoms with van der Waals surface area (Å²) in [6, 6.07) is 0.890. The highest BCUT2D eigenvalue weighted by Crippen LogP contribution is 2.53. The summed E-state index contributed by atoms with van der Waals surface area (Å²) in [6.07, 6.45) is 8.85. The SMILES string of the molecule is CCOC1CC(NC2CNC(=O)C2)C12CCCCC2. The van der Waals surface area contributed by atoms with E-state index in [4.69, 9.17) is 4.74 Å². The molecule has 3 unspecified atom stereocenters. The summed E-state index contributed by atoms with van der Waals surface area (Å²) in [5.74, 6) is 0.191. The number of rotatable bonds is 4. The van der Waals surface area contributed by atoms with Gasteiger partial charge in [0.25, 0.3) is 0 Å². The fourth-order valence-corrected chi connectivity index (χ4v) is 4.30. The van der Waals surface area contributed by atoms with E-state index in [1.807, 2.05) is 0 Å². The normalized spacial score (nSPS) is 37.1. The largest absolute Gasteiger partial charge is 0.378 e. The van der Waals surface area contributed by atoms with E-state index in [2.05, 4.69) is 17.6 Å². The van der Waals surface area contributed by atoms with Crippen LogP contribution < -0.4 is 10.6 Å². The van der Waals surface area contributed by atoms with Crippen LogP contribution in [0.15, 0.2) is 0 Å². The lowest BCUT2D eigenvalue weighted by Crippen LogP contribution is -2.66. The molecule has 1 amide bonds. The summed E-state index contributed by atoms with van der Waals surface area (Å²) in [6.45, 7) is 3.71. The molecule has 19 heavy (non-hydrogen) atoms. The van der Waals surface area contributed by atoms with Crippen LogP contribution in [-0.2, 0) is 9.53 Å². The van der Waals surface area contributed by atoms with Crippen LogP contribution in [0.5, 0.6) is 0 Å². The van der Waals surface area contributed by atoms with Crippen LogP contribution in [-0.4, -0.2) is 37.2 Å². The van der Waals surface area contributed by atoms with Gasteiger partial charge in [0.05, 0.1) is 6.10 Å². The Bertz CT molecular complexity index is 339. The molecule has 0 aromatic rings. The van der Waals surface area contributed by atoms with Gasteiger partial charge in [-0.2, -0.15) is 0 Å². The van der Waals surface area contributed by atoms with Crippen LogP contribution in [0.25, 0.3) is 0 Å². The predicted molar refractivity (Wildman–Crippen MR) is 73.9 cm³/mol. The smallest absolute Gasteiger partial charge is 0.221 e. The van der Waals surface area contributed by atoms with Crippen LogP contribution in [0.4, 0.5) is 0 Å². The maximum atomic E-state index is 11.3. The van der Waals surface area contributed by atoms with Gasteiger partial charge >= 0.3 is 0 Å². The highest BCUT2D eigenvalue weighted by Gasteiger charge is 2.55. The minimum Gasteiger partial charge on any atom is -0.378 e. The summed E-state index contributed by atoms with van der Waals surface area (Å²) < 4.78 is 5.96. The van der Waals surface area contributed by atoms with Crippen molar-refractivity contribution in [1.29, 1.82) is 0 Å². The van der Waals surface area contributed by atoms with Crippen molar-refractivity contribution in [2.75, 3.05) is 13.2 Å². The maximum absolute atomic E-state index is 11.3. The minimum absolute atomic E-state index is 0.191. The van der Waals surface area contributed by atoms with Crippen molar-refractivity contribution in [2.45, 2.75) is 70.1 Å². The maximum Gasteiger partial charge on any atom is 0.221 e. The number of hydrogen-bond donors (Lipinski definition) is 2. The molecule has 4 nitrogen and oxygen atoms in total. The zero-order valence-corrected chi connectivity index (χ0v) is 11.9. The van der Waals surface area contributed by atoms with Gasteiger partial charge in [0.1, 0.15) is 0 Å². The van der Waals surface area contributed by atoms with E-state index in [1.165, 1.54) is 32.1 Å². The summed E-state index contributed by atoms with van der Waals surface area (Å²) in [7, 11) is 0. The minimum atomic E-state index is 0.191. The first kappa shape index (κ1) is 13.4. The van der Waals surface area contributed by atoms with Gasteiger partial charge in [0.2, 0.25) is 5.91 Å². The number of amides is 1. The molecule has 3 aliphatic rings. The van der Waals surface area contributed by atoms with Crippen LogP contribution in [0, 0.1) is 5.41 Å². The molecular weight excluding hydrogens is 240 g/mol. The summed E-state index contributed by atoms with van der Waals surface area (Å²) in [5, 5.41) is 6.65. The second kappa shape index (κ2) is 5.41. The number of carbonyl (C=O) groups excluding carboxylic acids is 1.